The second-order valence-corrected chi connectivity index (χ2v) is 5.02. The molecule has 0 bridgehead atoms. The first-order valence-electron chi connectivity index (χ1n) is 5.49. The molecule has 2 unspecified atom stereocenters. The standard InChI is InChI=1S/C12H16N2S/c1-3-10(8-13)14-6-4-12-11(9(14)2)5-7-15-12/h5,7,9-10H,3-4,6H2,1-2H3. The van der Waals surface area contributed by atoms with Crippen LogP contribution in [0.15, 0.2) is 11.4 Å². The Kier molecular flexibility index (Phi) is 3.08. The Labute approximate surface area is 95.1 Å². The molecule has 1 aliphatic heterocycles. The van der Waals surface area contributed by atoms with Gasteiger partial charge in [-0.3, -0.25) is 4.90 Å². The summed E-state index contributed by atoms with van der Waals surface area (Å²) in [4.78, 5) is 3.83. The zero-order chi connectivity index (χ0) is 10.8. The maximum absolute atomic E-state index is 9.11. The van der Waals surface area contributed by atoms with E-state index in [2.05, 4.69) is 36.3 Å². The molecule has 2 heterocycles. The summed E-state index contributed by atoms with van der Waals surface area (Å²) in [5.74, 6) is 0. The summed E-state index contributed by atoms with van der Waals surface area (Å²) in [6, 6.07) is 5.10. The largest absolute Gasteiger partial charge is 0.281 e. The van der Waals surface area contributed by atoms with Gasteiger partial charge in [0.15, 0.2) is 0 Å². The van der Waals surface area contributed by atoms with Crippen LogP contribution in [0.3, 0.4) is 0 Å². The molecule has 2 rings (SSSR count). The Bertz CT molecular complexity index is 377. The van der Waals surface area contributed by atoms with Crippen molar-refractivity contribution in [1.82, 2.24) is 4.90 Å². The van der Waals surface area contributed by atoms with E-state index in [-0.39, 0.29) is 6.04 Å². The van der Waals surface area contributed by atoms with Gasteiger partial charge in [0.25, 0.3) is 0 Å². The van der Waals surface area contributed by atoms with Crippen LogP contribution in [-0.2, 0) is 6.42 Å². The van der Waals surface area contributed by atoms with E-state index in [0.717, 1.165) is 19.4 Å². The van der Waals surface area contributed by atoms with E-state index in [1.54, 1.807) is 0 Å². The molecule has 0 N–H and O–H groups in total. The van der Waals surface area contributed by atoms with Crippen molar-refractivity contribution in [1.29, 1.82) is 5.26 Å². The SMILES string of the molecule is CCC(C#N)N1CCc2sccc2C1C. The molecule has 2 nitrogen and oxygen atoms in total. The summed E-state index contributed by atoms with van der Waals surface area (Å²) in [7, 11) is 0. The van der Waals surface area contributed by atoms with Crippen LogP contribution in [0.5, 0.6) is 0 Å². The van der Waals surface area contributed by atoms with Gasteiger partial charge >= 0.3 is 0 Å². The van der Waals surface area contributed by atoms with Crippen LogP contribution in [0.1, 0.15) is 36.8 Å². The van der Waals surface area contributed by atoms with Crippen LogP contribution in [0.4, 0.5) is 0 Å². The molecule has 1 aromatic rings. The van der Waals surface area contributed by atoms with E-state index in [1.165, 1.54) is 10.4 Å². The van der Waals surface area contributed by atoms with E-state index in [4.69, 9.17) is 5.26 Å². The molecule has 2 atom stereocenters. The minimum atomic E-state index is 0.0769. The predicted molar refractivity (Wildman–Crippen MR) is 62.8 cm³/mol. The molecule has 3 heteroatoms. The molecule has 0 saturated carbocycles. The van der Waals surface area contributed by atoms with Crippen molar-refractivity contribution in [2.75, 3.05) is 6.54 Å². The minimum Gasteiger partial charge on any atom is -0.281 e. The van der Waals surface area contributed by atoms with Crippen molar-refractivity contribution in [3.05, 3.63) is 21.9 Å². The van der Waals surface area contributed by atoms with Gasteiger partial charge in [-0.25, -0.2) is 0 Å². The number of nitriles is 1. The average Bonchev–Trinajstić information content (AvgIpc) is 2.71. The Morgan fingerprint density at radius 3 is 3.20 bits per heavy atom. The molecule has 0 saturated heterocycles. The second kappa shape index (κ2) is 4.34. The van der Waals surface area contributed by atoms with Gasteiger partial charge in [-0.2, -0.15) is 5.26 Å². The first-order valence-corrected chi connectivity index (χ1v) is 6.37. The van der Waals surface area contributed by atoms with E-state index in [0.29, 0.717) is 6.04 Å². The normalized spacial score (nSPS) is 23.1. The summed E-state index contributed by atoms with van der Waals surface area (Å²) >= 11 is 1.85. The molecule has 0 spiro atoms. The lowest BCUT2D eigenvalue weighted by Gasteiger charge is -2.36. The van der Waals surface area contributed by atoms with Crippen molar-refractivity contribution < 1.29 is 0 Å². The summed E-state index contributed by atoms with van der Waals surface area (Å²) in [5.41, 5.74) is 1.43. The van der Waals surface area contributed by atoms with Crippen LogP contribution in [-0.4, -0.2) is 17.5 Å². The maximum atomic E-state index is 9.11. The molecule has 80 valence electrons. The third kappa shape index (κ3) is 1.80. The van der Waals surface area contributed by atoms with Gasteiger partial charge in [-0.15, -0.1) is 11.3 Å². The van der Waals surface area contributed by atoms with Crippen LogP contribution in [0.2, 0.25) is 0 Å². The van der Waals surface area contributed by atoms with Crippen LogP contribution in [0.25, 0.3) is 0 Å². The average molecular weight is 220 g/mol. The highest BCUT2D eigenvalue weighted by molar-refractivity contribution is 7.10. The topological polar surface area (TPSA) is 27.0 Å². The van der Waals surface area contributed by atoms with Crippen molar-refractivity contribution >= 4 is 11.3 Å². The quantitative estimate of drug-likeness (QED) is 0.766. The number of hydrogen-bond donors (Lipinski definition) is 0. The number of fused-ring (bicyclic) bond motifs is 1. The minimum absolute atomic E-state index is 0.0769. The van der Waals surface area contributed by atoms with Gasteiger partial charge < -0.3 is 0 Å². The van der Waals surface area contributed by atoms with E-state index >= 15 is 0 Å². The molecule has 0 amide bonds. The Hall–Kier alpha value is -0.850. The smallest absolute Gasteiger partial charge is 0.0980 e. The van der Waals surface area contributed by atoms with Crippen LogP contribution < -0.4 is 0 Å². The summed E-state index contributed by atoms with van der Waals surface area (Å²) in [6.07, 6.45) is 2.02. The third-order valence-corrected chi connectivity index (χ3v) is 4.26. The Morgan fingerprint density at radius 1 is 1.73 bits per heavy atom. The zero-order valence-corrected chi connectivity index (χ0v) is 10.0. The number of hydrogen-bond acceptors (Lipinski definition) is 3. The molecular formula is C12H16N2S. The molecule has 1 aromatic heterocycles. The van der Waals surface area contributed by atoms with Crippen molar-refractivity contribution in [3.63, 3.8) is 0 Å². The lowest BCUT2D eigenvalue weighted by molar-refractivity contribution is 0.162. The van der Waals surface area contributed by atoms with Gasteiger partial charge in [0.05, 0.1) is 12.1 Å². The van der Waals surface area contributed by atoms with Crippen molar-refractivity contribution in [2.24, 2.45) is 0 Å². The van der Waals surface area contributed by atoms with E-state index < -0.39 is 0 Å². The first kappa shape index (κ1) is 10.7. The fraction of sp³-hybridized carbons (Fsp3) is 0.583. The summed E-state index contributed by atoms with van der Waals surface area (Å²) < 4.78 is 0. The van der Waals surface area contributed by atoms with Crippen molar-refractivity contribution in [3.8, 4) is 6.07 Å². The summed E-state index contributed by atoms with van der Waals surface area (Å²) in [6.45, 7) is 5.33. The van der Waals surface area contributed by atoms with Gasteiger partial charge in [0.2, 0.25) is 0 Å². The van der Waals surface area contributed by atoms with Crippen LogP contribution in [0, 0.1) is 11.3 Å². The van der Waals surface area contributed by atoms with Gasteiger partial charge in [-0.1, -0.05) is 6.92 Å². The fourth-order valence-electron chi connectivity index (χ4n) is 2.35. The molecule has 0 fully saturated rings. The monoisotopic (exact) mass is 220 g/mol. The fourth-order valence-corrected chi connectivity index (χ4v) is 3.32. The second-order valence-electron chi connectivity index (χ2n) is 4.02. The molecule has 0 radical (unpaired) electrons. The molecule has 1 aliphatic rings. The Balaban J connectivity index is 2.23. The predicted octanol–water partition coefficient (Wildman–Crippen LogP) is 2.97. The first-order chi connectivity index (χ1) is 7.27. The highest BCUT2D eigenvalue weighted by atomic mass is 32.1. The Morgan fingerprint density at radius 2 is 2.53 bits per heavy atom. The van der Waals surface area contributed by atoms with Crippen LogP contribution >= 0.6 is 11.3 Å². The van der Waals surface area contributed by atoms with E-state index in [9.17, 15) is 0 Å². The van der Waals surface area contributed by atoms with Gasteiger partial charge in [0.1, 0.15) is 0 Å². The number of rotatable bonds is 2. The number of thiophene rings is 1. The maximum Gasteiger partial charge on any atom is 0.0980 e. The lowest BCUT2D eigenvalue weighted by Crippen LogP contribution is -2.40. The highest BCUT2D eigenvalue weighted by Crippen LogP contribution is 2.34. The highest BCUT2D eigenvalue weighted by Gasteiger charge is 2.28. The summed E-state index contributed by atoms with van der Waals surface area (Å²) in [5, 5.41) is 11.3. The van der Waals surface area contributed by atoms with E-state index in [1.807, 2.05) is 11.3 Å². The molecule has 0 aliphatic carbocycles. The molecular weight excluding hydrogens is 204 g/mol. The molecule has 0 aromatic carbocycles. The molecule has 15 heavy (non-hydrogen) atoms. The van der Waals surface area contributed by atoms with Gasteiger partial charge in [0, 0.05) is 17.5 Å². The van der Waals surface area contributed by atoms with Crippen molar-refractivity contribution in [2.45, 2.75) is 38.8 Å². The van der Waals surface area contributed by atoms with Gasteiger partial charge in [-0.05, 0) is 36.8 Å². The third-order valence-electron chi connectivity index (χ3n) is 3.26. The lowest BCUT2D eigenvalue weighted by atomic mass is 9.99. The number of nitrogens with zero attached hydrogens (tertiary/aromatic N) is 2. The zero-order valence-electron chi connectivity index (χ0n) is 9.23.